The molecule has 3 rings (SSSR count). The lowest BCUT2D eigenvalue weighted by molar-refractivity contribution is 0.393. The summed E-state index contributed by atoms with van der Waals surface area (Å²) in [6, 6.07) is 0. The van der Waals surface area contributed by atoms with Crippen LogP contribution < -0.4 is 5.32 Å². The van der Waals surface area contributed by atoms with Gasteiger partial charge < -0.3 is 5.32 Å². The van der Waals surface area contributed by atoms with Crippen molar-refractivity contribution in [3.8, 4) is 0 Å². The van der Waals surface area contributed by atoms with E-state index in [-0.39, 0.29) is 5.54 Å². The Kier molecular flexibility index (Phi) is 2.76. The van der Waals surface area contributed by atoms with Crippen molar-refractivity contribution in [3.63, 3.8) is 0 Å². The van der Waals surface area contributed by atoms with Crippen LogP contribution in [0, 0.1) is 0 Å². The van der Waals surface area contributed by atoms with E-state index in [0.717, 1.165) is 5.25 Å². The molecule has 1 aromatic rings. The summed E-state index contributed by atoms with van der Waals surface area (Å²) in [6.45, 7) is 2.32. The van der Waals surface area contributed by atoms with Gasteiger partial charge >= 0.3 is 0 Å². The van der Waals surface area contributed by atoms with Crippen molar-refractivity contribution in [2.45, 2.75) is 43.4 Å². The molecule has 4 heteroatoms. The Morgan fingerprint density at radius 1 is 1.44 bits per heavy atom. The number of rotatable bonds is 2. The average Bonchev–Trinajstić information content (AvgIpc) is 2.90. The summed E-state index contributed by atoms with van der Waals surface area (Å²) in [5.74, 6) is 1.18. The first-order valence-electron chi connectivity index (χ1n) is 6.03. The minimum atomic E-state index is 0.166. The number of aromatic nitrogens is 1. The maximum absolute atomic E-state index is 4.89. The van der Waals surface area contributed by atoms with Gasteiger partial charge in [-0.1, -0.05) is 6.92 Å². The van der Waals surface area contributed by atoms with Gasteiger partial charge in [0.1, 0.15) is 5.01 Å². The number of hydrogen-bond donors (Lipinski definition) is 1. The van der Waals surface area contributed by atoms with E-state index in [1.165, 1.54) is 42.1 Å². The molecule has 2 nitrogen and oxygen atoms in total. The van der Waals surface area contributed by atoms with Crippen LogP contribution in [0.25, 0.3) is 0 Å². The lowest BCUT2D eigenvalue weighted by Gasteiger charge is -2.25. The first-order chi connectivity index (χ1) is 7.73. The van der Waals surface area contributed by atoms with E-state index in [9.17, 15) is 0 Å². The zero-order chi connectivity index (χ0) is 11.2. The highest BCUT2D eigenvalue weighted by Gasteiger charge is 2.41. The summed E-state index contributed by atoms with van der Waals surface area (Å²) in [7, 11) is 2.09. The molecule has 2 unspecified atom stereocenters. The third kappa shape index (κ3) is 1.62. The highest BCUT2D eigenvalue weighted by molar-refractivity contribution is 8.00. The molecule has 1 aromatic heterocycles. The predicted octanol–water partition coefficient (Wildman–Crippen LogP) is 2.57. The third-order valence-electron chi connectivity index (χ3n) is 3.73. The molecule has 0 bridgehead atoms. The second-order valence-corrected chi connectivity index (χ2v) is 7.41. The number of nitrogens with one attached hydrogen (secondary N) is 1. The molecule has 2 heterocycles. The van der Waals surface area contributed by atoms with Crippen molar-refractivity contribution in [3.05, 3.63) is 15.6 Å². The molecule has 1 aliphatic carbocycles. The highest BCUT2D eigenvalue weighted by atomic mass is 32.2. The second kappa shape index (κ2) is 4.00. The fourth-order valence-electron chi connectivity index (χ4n) is 2.72. The minimum absolute atomic E-state index is 0.166. The van der Waals surface area contributed by atoms with Crippen molar-refractivity contribution in [2.24, 2.45) is 0 Å². The van der Waals surface area contributed by atoms with Crippen molar-refractivity contribution in [1.29, 1.82) is 0 Å². The lowest BCUT2D eigenvalue weighted by Crippen LogP contribution is -2.40. The summed E-state index contributed by atoms with van der Waals surface area (Å²) < 4.78 is 0. The van der Waals surface area contributed by atoms with Gasteiger partial charge in [0, 0.05) is 15.9 Å². The predicted molar refractivity (Wildman–Crippen MR) is 71.4 cm³/mol. The smallest absolute Gasteiger partial charge is 0.114 e. The number of aryl methyl sites for hydroxylation is 2. The molecule has 0 amide bonds. The van der Waals surface area contributed by atoms with Gasteiger partial charge in [0.15, 0.2) is 0 Å². The van der Waals surface area contributed by atoms with Crippen LogP contribution in [0.3, 0.4) is 0 Å². The molecule has 0 radical (unpaired) electrons. The third-order valence-corrected chi connectivity index (χ3v) is 6.49. The summed E-state index contributed by atoms with van der Waals surface area (Å²) in [6.07, 6.45) is 5.00. The molecule has 16 heavy (non-hydrogen) atoms. The van der Waals surface area contributed by atoms with Crippen LogP contribution in [0.4, 0.5) is 0 Å². The first kappa shape index (κ1) is 11.1. The van der Waals surface area contributed by atoms with Gasteiger partial charge in [0.25, 0.3) is 0 Å². The molecular formula is C12H18N2S2. The van der Waals surface area contributed by atoms with Gasteiger partial charge in [0.2, 0.25) is 0 Å². The normalized spacial score (nSPS) is 33.2. The number of nitrogens with zero attached hydrogens (tertiary/aromatic N) is 1. The number of thioether (sulfide) groups is 1. The standard InChI is InChI=1S/C12H18N2S2/c1-8-6-12(13-2,7-15-8)11-14-9-4-3-5-10(9)16-11/h8,13H,3-7H2,1-2H3. The Labute approximate surface area is 105 Å². The van der Waals surface area contributed by atoms with Crippen molar-refractivity contribution in [2.75, 3.05) is 12.8 Å². The first-order valence-corrected chi connectivity index (χ1v) is 7.89. The fourth-order valence-corrected chi connectivity index (χ4v) is 5.53. The van der Waals surface area contributed by atoms with E-state index >= 15 is 0 Å². The monoisotopic (exact) mass is 254 g/mol. The summed E-state index contributed by atoms with van der Waals surface area (Å²) in [5.41, 5.74) is 1.55. The zero-order valence-corrected chi connectivity index (χ0v) is 11.5. The molecule has 88 valence electrons. The van der Waals surface area contributed by atoms with E-state index in [2.05, 4.69) is 31.1 Å². The fraction of sp³-hybridized carbons (Fsp3) is 0.750. The van der Waals surface area contributed by atoms with Crippen LogP contribution >= 0.6 is 23.1 Å². The molecular weight excluding hydrogens is 236 g/mol. The zero-order valence-electron chi connectivity index (χ0n) is 9.88. The maximum atomic E-state index is 4.89. The molecule has 2 atom stereocenters. The molecule has 2 aliphatic rings. The van der Waals surface area contributed by atoms with E-state index < -0.39 is 0 Å². The summed E-state index contributed by atoms with van der Waals surface area (Å²) in [5, 5.41) is 5.64. The number of fused-ring (bicyclic) bond motifs is 1. The number of hydrogen-bond acceptors (Lipinski definition) is 4. The van der Waals surface area contributed by atoms with Crippen LogP contribution in [0.15, 0.2) is 0 Å². The Bertz CT molecular complexity index is 380. The SMILES string of the molecule is CNC1(c2nc3c(s2)CCC3)CSC(C)C1. The molecule has 0 aromatic carbocycles. The molecule has 0 saturated carbocycles. The largest absolute Gasteiger partial charge is 0.308 e. The number of thiazole rings is 1. The molecule has 1 fully saturated rings. The van der Waals surface area contributed by atoms with Crippen molar-refractivity contribution < 1.29 is 0 Å². The van der Waals surface area contributed by atoms with Crippen LogP contribution in [-0.4, -0.2) is 23.0 Å². The van der Waals surface area contributed by atoms with Crippen molar-refractivity contribution >= 4 is 23.1 Å². The lowest BCUT2D eigenvalue weighted by atomic mass is 9.97. The van der Waals surface area contributed by atoms with Gasteiger partial charge in [-0.3, -0.25) is 0 Å². The average molecular weight is 254 g/mol. The van der Waals surface area contributed by atoms with Gasteiger partial charge in [-0.25, -0.2) is 4.98 Å². The Hall–Kier alpha value is -0.0600. The van der Waals surface area contributed by atoms with E-state index in [0.29, 0.717) is 0 Å². The molecule has 1 N–H and O–H groups in total. The quantitative estimate of drug-likeness (QED) is 0.878. The summed E-state index contributed by atoms with van der Waals surface area (Å²) >= 11 is 4.03. The van der Waals surface area contributed by atoms with E-state index in [1.807, 2.05) is 11.3 Å². The van der Waals surface area contributed by atoms with Crippen molar-refractivity contribution in [1.82, 2.24) is 10.3 Å². The van der Waals surface area contributed by atoms with Crippen LogP contribution in [0.5, 0.6) is 0 Å². The Morgan fingerprint density at radius 2 is 2.31 bits per heavy atom. The van der Waals surface area contributed by atoms with E-state index in [4.69, 9.17) is 4.98 Å². The molecule has 1 aliphatic heterocycles. The maximum Gasteiger partial charge on any atom is 0.114 e. The van der Waals surface area contributed by atoms with Gasteiger partial charge in [-0.15, -0.1) is 11.3 Å². The molecule has 1 saturated heterocycles. The van der Waals surface area contributed by atoms with Gasteiger partial charge in [-0.05, 0) is 32.7 Å². The Morgan fingerprint density at radius 3 is 2.94 bits per heavy atom. The molecule has 0 spiro atoms. The van der Waals surface area contributed by atoms with Gasteiger partial charge in [0.05, 0.1) is 11.2 Å². The summed E-state index contributed by atoms with van der Waals surface area (Å²) in [4.78, 5) is 6.44. The van der Waals surface area contributed by atoms with Crippen LogP contribution in [0.2, 0.25) is 0 Å². The minimum Gasteiger partial charge on any atom is -0.308 e. The highest BCUT2D eigenvalue weighted by Crippen LogP contribution is 2.44. The van der Waals surface area contributed by atoms with Gasteiger partial charge in [-0.2, -0.15) is 11.8 Å². The second-order valence-electron chi connectivity index (χ2n) is 4.90. The van der Waals surface area contributed by atoms with Crippen LogP contribution in [0.1, 0.15) is 35.3 Å². The topological polar surface area (TPSA) is 24.9 Å². The Balaban J connectivity index is 1.94. The van der Waals surface area contributed by atoms with E-state index in [1.54, 1.807) is 4.88 Å². The van der Waals surface area contributed by atoms with Crippen LogP contribution in [-0.2, 0) is 18.4 Å².